The number of hydrogen-bond donors (Lipinski definition) is 1. The average molecular weight is 392 g/mol. The maximum absolute atomic E-state index is 13.7. The molecule has 4 rings (SSSR count). The zero-order valence-corrected chi connectivity index (χ0v) is 15.2. The summed E-state index contributed by atoms with van der Waals surface area (Å²) < 4.78 is 32.7. The molecule has 0 fully saturated rings. The first-order chi connectivity index (χ1) is 14.0. The summed E-state index contributed by atoms with van der Waals surface area (Å²) >= 11 is 0. The molecule has 144 valence electrons. The van der Waals surface area contributed by atoms with Gasteiger partial charge in [-0.15, -0.1) is 10.2 Å². The fourth-order valence-corrected chi connectivity index (χ4v) is 2.89. The van der Waals surface area contributed by atoms with E-state index >= 15 is 0 Å². The van der Waals surface area contributed by atoms with E-state index < -0.39 is 23.1 Å². The minimum Gasteiger partial charge on any atom is -0.423 e. The molecule has 0 atom stereocenters. The van der Waals surface area contributed by atoms with Gasteiger partial charge in [0.2, 0.25) is 12.3 Å². The summed E-state index contributed by atoms with van der Waals surface area (Å²) in [5.74, 6) is -2.21. The molecule has 0 aliphatic carbocycles. The molecule has 1 N–H and O–H groups in total. The minimum atomic E-state index is -0.937. The summed E-state index contributed by atoms with van der Waals surface area (Å²) in [5, 5.41) is 9.98. The second-order valence-electron chi connectivity index (χ2n) is 6.26. The summed E-state index contributed by atoms with van der Waals surface area (Å²) in [6.07, 6.45) is 2.82. The van der Waals surface area contributed by atoms with E-state index in [1.807, 2.05) is 25.1 Å². The maximum atomic E-state index is 13.7. The molecule has 0 bridgehead atoms. The van der Waals surface area contributed by atoms with Gasteiger partial charge in [-0.25, -0.2) is 13.8 Å². The van der Waals surface area contributed by atoms with Gasteiger partial charge in [0, 0.05) is 17.3 Å². The zero-order valence-electron chi connectivity index (χ0n) is 15.2. The average Bonchev–Trinajstić information content (AvgIpc) is 3.24. The lowest BCUT2D eigenvalue weighted by Crippen LogP contribution is -2.16. The van der Waals surface area contributed by atoms with E-state index in [9.17, 15) is 13.6 Å². The van der Waals surface area contributed by atoms with Crippen LogP contribution in [0.4, 0.5) is 14.6 Å². The number of anilines is 1. The smallest absolute Gasteiger partial charge is 0.262 e. The van der Waals surface area contributed by atoms with Crippen molar-refractivity contribution in [3.63, 3.8) is 0 Å². The highest BCUT2D eigenvalue weighted by Gasteiger charge is 2.17. The van der Waals surface area contributed by atoms with Crippen LogP contribution in [0.15, 0.2) is 65.5 Å². The third kappa shape index (κ3) is 3.73. The number of nitrogens with one attached hydrogen (secondary N) is 1. The Hall–Kier alpha value is -3.94. The van der Waals surface area contributed by atoms with Gasteiger partial charge in [0.15, 0.2) is 0 Å². The van der Waals surface area contributed by atoms with Crippen LogP contribution in [0.3, 0.4) is 0 Å². The van der Waals surface area contributed by atoms with Gasteiger partial charge < -0.3 is 9.73 Å². The molecule has 4 aromatic rings. The van der Waals surface area contributed by atoms with Crippen LogP contribution in [0.2, 0.25) is 0 Å². The van der Waals surface area contributed by atoms with Gasteiger partial charge in [0.1, 0.15) is 23.0 Å². The number of pyridine rings is 1. The van der Waals surface area contributed by atoms with Crippen LogP contribution in [-0.4, -0.2) is 21.1 Å². The van der Waals surface area contributed by atoms with Gasteiger partial charge in [-0.1, -0.05) is 12.1 Å². The molecule has 0 aliphatic heterocycles. The summed E-state index contributed by atoms with van der Waals surface area (Å²) in [5.41, 5.74) is 2.79. The number of rotatable bonds is 4. The van der Waals surface area contributed by atoms with Crippen molar-refractivity contribution >= 4 is 11.7 Å². The van der Waals surface area contributed by atoms with E-state index in [1.165, 1.54) is 12.5 Å². The number of benzene rings is 2. The first-order valence-corrected chi connectivity index (χ1v) is 8.62. The van der Waals surface area contributed by atoms with Crippen molar-refractivity contribution in [1.29, 1.82) is 0 Å². The van der Waals surface area contributed by atoms with E-state index in [0.29, 0.717) is 5.89 Å². The Morgan fingerprint density at radius 3 is 2.45 bits per heavy atom. The van der Waals surface area contributed by atoms with Crippen LogP contribution in [0.25, 0.3) is 22.6 Å². The van der Waals surface area contributed by atoms with E-state index in [4.69, 9.17) is 4.42 Å². The first-order valence-electron chi connectivity index (χ1n) is 8.62. The maximum Gasteiger partial charge on any atom is 0.262 e. The van der Waals surface area contributed by atoms with Gasteiger partial charge >= 0.3 is 0 Å². The Kier molecular flexibility index (Phi) is 4.82. The van der Waals surface area contributed by atoms with Crippen molar-refractivity contribution in [3.8, 4) is 22.6 Å². The molecule has 8 heteroatoms. The quantitative estimate of drug-likeness (QED) is 0.547. The fraction of sp³-hybridized carbons (Fsp3) is 0.0476. The Labute approximate surface area is 164 Å². The third-order valence-electron chi connectivity index (χ3n) is 4.35. The first kappa shape index (κ1) is 18.4. The molecule has 2 aromatic heterocycles. The van der Waals surface area contributed by atoms with Gasteiger partial charge in [-0.3, -0.25) is 4.79 Å². The number of aromatic nitrogens is 3. The van der Waals surface area contributed by atoms with Crippen molar-refractivity contribution in [2.24, 2.45) is 0 Å². The lowest BCUT2D eigenvalue weighted by molar-refractivity contribution is 0.101. The van der Waals surface area contributed by atoms with Crippen LogP contribution in [0, 0.1) is 18.6 Å². The molecule has 0 spiro atoms. The van der Waals surface area contributed by atoms with E-state index in [2.05, 4.69) is 20.5 Å². The van der Waals surface area contributed by atoms with Crippen LogP contribution >= 0.6 is 0 Å². The second-order valence-corrected chi connectivity index (χ2v) is 6.26. The largest absolute Gasteiger partial charge is 0.423 e. The van der Waals surface area contributed by atoms with Crippen molar-refractivity contribution in [2.45, 2.75) is 6.92 Å². The van der Waals surface area contributed by atoms with Crippen LogP contribution in [0.1, 0.15) is 15.9 Å². The Morgan fingerprint density at radius 2 is 1.79 bits per heavy atom. The van der Waals surface area contributed by atoms with Gasteiger partial charge in [-0.05, 0) is 54.4 Å². The van der Waals surface area contributed by atoms with Crippen molar-refractivity contribution < 1.29 is 18.0 Å². The van der Waals surface area contributed by atoms with E-state index in [0.717, 1.165) is 34.4 Å². The van der Waals surface area contributed by atoms with E-state index in [-0.39, 0.29) is 5.82 Å². The number of amides is 1. The zero-order chi connectivity index (χ0) is 20.4. The number of halogens is 2. The number of aryl methyl sites for hydroxylation is 1. The van der Waals surface area contributed by atoms with Crippen molar-refractivity contribution in [3.05, 3.63) is 83.9 Å². The molecule has 1 amide bonds. The molecule has 0 saturated heterocycles. The number of carbonyl (C=O) groups excluding carboxylic acids is 1. The molecular weight excluding hydrogens is 378 g/mol. The van der Waals surface area contributed by atoms with Gasteiger partial charge in [0.25, 0.3) is 5.91 Å². The van der Waals surface area contributed by atoms with E-state index in [1.54, 1.807) is 18.3 Å². The second kappa shape index (κ2) is 7.59. The predicted molar refractivity (Wildman–Crippen MR) is 102 cm³/mol. The molecule has 2 aromatic carbocycles. The standard InChI is InChI=1S/C21H14F2N4O2/c1-12-5-6-13(21-27-25-11-29-21)9-15(12)14-7-8-18(24-10-14)26-20(28)19-16(22)3-2-4-17(19)23/h2-11H,1H3,(H,24,26,28). The normalized spacial score (nSPS) is 10.7. The molecule has 0 unspecified atom stereocenters. The highest BCUT2D eigenvalue weighted by molar-refractivity contribution is 6.04. The van der Waals surface area contributed by atoms with Gasteiger partial charge in [0.05, 0.1) is 0 Å². The summed E-state index contributed by atoms with van der Waals surface area (Å²) in [6, 6.07) is 12.2. The predicted octanol–water partition coefficient (Wildman–Crippen LogP) is 4.64. The van der Waals surface area contributed by atoms with Crippen LogP contribution in [-0.2, 0) is 0 Å². The summed E-state index contributed by atoms with van der Waals surface area (Å²) in [6.45, 7) is 1.95. The number of hydrogen-bond acceptors (Lipinski definition) is 5. The third-order valence-corrected chi connectivity index (χ3v) is 4.35. The molecule has 2 heterocycles. The van der Waals surface area contributed by atoms with Crippen LogP contribution in [0.5, 0.6) is 0 Å². The van der Waals surface area contributed by atoms with Crippen molar-refractivity contribution in [2.75, 3.05) is 5.32 Å². The summed E-state index contributed by atoms with van der Waals surface area (Å²) in [4.78, 5) is 16.4. The SMILES string of the molecule is Cc1ccc(-c2nnco2)cc1-c1ccc(NC(=O)c2c(F)cccc2F)nc1. The van der Waals surface area contributed by atoms with Crippen LogP contribution < -0.4 is 5.32 Å². The number of nitrogens with zero attached hydrogens (tertiary/aromatic N) is 3. The molecule has 29 heavy (non-hydrogen) atoms. The lowest BCUT2D eigenvalue weighted by Gasteiger charge is -2.09. The minimum absolute atomic E-state index is 0.173. The Morgan fingerprint density at radius 1 is 1.03 bits per heavy atom. The summed E-state index contributed by atoms with van der Waals surface area (Å²) in [7, 11) is 0. The molecular formula is C21H14F2N4O2. The Bertz CT molecular complexity index is 1160. The molecule has 0 radical (unpaired) electrons. The highest BCUT2D eigenvalue weighted by atomic mass is 19.1. The topological polar surface area (TPSA) is 80.9 Å². The molecule has 6 nitrogen and oxygen atoms in total. The monoisotopic (exact) mass is 392 g/mol. The highest BCUT2D eigenvalue weighted by Crippen LogP contribution is 2.28. The lowest BCUT2D eigenvalue weighted by atomic mass is 9.99. The fourth-order valence-electron chi connectivity index (χ4n) is 2.89. The Balaban J connectivity index is 1.59. The number of carbonyl (C=O) groups is 1. The molecule has 0 aliphatic rings. The van der Waals surface area contributed by atoms with Crippen molar-refractivity contribution in [1.82, 2.24) is 15.2 Å². The van der Waals surface area contributed by atoms with Gasteiger partial charge in [-0.2, -0.15) is 0 Å². The molecule has 0 saturated carbocycles.